The predicted molar refractivity (Wildman–Crippen MR) is 49.7 cm³/mol. The zero-order valence-electron chi connectivity index (χ0n) is 8.23. The number of alkyl halides is 2. The van der Waals surface area contributed by atoms with E-state index in [1.807, 2.05) is 0 Å². The molecule has 1 fully saturated rings. The Morgan fingerprint density at radius 3 is 2.31 bits per heavy atom. The molecule has 0 saturated heterocycles. The zero-order valence-corrected chi connectivity index (χ0v) is 8.23. The summed E-state index contributed by atoms with van der Waals surface area (Å²) in [6.45, 7) is 1.71. The molecule has 1 rings (SSSR count). The first kappa shape index (κ1) is 10.9. The van der Waals surface area contributed by atoms with Gasteiger partial charge in [-0.3, -0.25) is 0 Å². The van der Waals surface area contributed by atoms with Crippen LogP contribution in [0.3, 0.4) is 0 Å². The van der Waals surface area contributed by atoms with E-state index in [-0.39, 0.29) is 6.54 Å². The number of hydrogen-bond donors (Lipinski definition) is 1. The smallest absolute Gasteiger partial charge is 0.245 e. The van der Waals surface area contributed by atoms with E-state index in [9.17, 15) is 8.78 Å². The van der Waals surface area contributed by atoms with Crippen LogP contribution in [0.2, 0.25) is 0 Å². The van der Waals surface area contributed by atoms with Crippen molar-refractivity contribution in [1.29, 1.82) is 0 Å². The van der Waals surface area contributed by atoms with Crippen molar-refractivity contribution >= 4 is 0 Å². The SMILES string of the molecule is CC(CN)(CC1CCCC1)C(F)F. The average Bonchev–Trinajstić information content (AvgIpc) is 2.56. The largest absolute Gasteiger partial charge is 0.330 e. The third-order valence-electron chi connectivity index (χ3n) is 3.22. The minimum atomic E-state index is -2.28. The third-order valence-corrected chi connectivity index (χ3v) is 3.22. The molecule has 0 aromatic carbocycles. The topological polar surface area (TPSA) is 26.0 Å². The molecule has 1 atom stereocenters. The van der Waals surface area contributed by atoms with Gasteiger partial charge in [0.1, 0.15) is 0 Å². The third kappa shape index (κ3) is 2.63. The monoisotopic (exact) mass is 191 g/mol. The quantitative estimate of drug-likeness (QED) is 0.726. The number of hydrogen-bond acceptors (Lipinski definition) is 1. The maximum absolute atomic E-state index is 12.7. The lowest BCUT2D eigenvalue weighted by Crippen LogP contribution is -2.36. The molecule has 0 amide bonds. The fourth-order valence-electron chi connectivity index (χ4n) is 2.14. The van der Waals surface area contributed by atoms with Crippen molar-refractivity contribution in [2.45, 2.75) is 45.5 Å². The van der Waals surface area contributed by atoms with E-state index in [4.69, 9.17) is 5.73 Å². The summed E-state index contributed by atoms with van der Waals surface area (Å²) in [5.74, 6) is 0.488. The van der Waals surface area contributed by atoms with Crippen LogP contribution in [0.4, 0.5) is 8.78 Å². The molecule has 1 unspecified atom stereocenters. The van der Waals surface area contributed by atoms with Crippen molar-refractivity contribution in [3.05, 3.63) is 0 Å². The van der Waals surface area contributed by atoms with Gasteiger partial charge in [0, 0.05) is 12.0 Å². The first-order valence-electron chi connectivity index (χ1n) is 5.07. The normalized spacial score (nSPS) is 23.8. The maximum Gasteiger partial charge on any atom is 0.245 e. The Morgan fingerprint density at radius 2 is 1.92 bits per heavy atom. The molecule has 1 aliphatic carbocycles. The molecule has 3 heteroatoms. The Labute approximate surface area is 78.7 Å². The number of nitrogens with two attached hydrogens (primary N) is 1. The van der Waals surface area contributed by atoms with Crippen LogP contribution < -0.4 is 5.73 Å². The molecule has 0 radical (unpaired) electrons. The summed E-state index contributed by atoms with van der Waals surface area (Å²) in [5.41, 5.74) is 4.46. The Hall–Kier alpha value is -0.180. The Balaban J connectivity index is 2.46. The summed E-state index contributed by atoms with van der Waals surface area (Å²) in [6.07, 6.45) is 2.95. The highest BCUT2D eigenvalue weighted by Gasteiger charge is 2.36. The summed E-state index contributed by atoms with van der Waals surface area (Å²) in [5, 5.41) is 0. The average molecular weight is 191 g/mol. The second-order valence-electron chi connectivity index (χ2n) is 4.51. The summed E-state index contributed by atoms with van der Waals surface area (Å²) < 4.78 is 25.3. The van der Waals surface area contributed by atoms with Crippen molar-refractivity contribution in [2.24, 2.45) is 17.1 Å². The molecule has 1 nitrogen and oxygen atoms in total. The van der Waals surface area contributed by atoms with Gasteiger partial charge in [0.05, 0.1) is 0 Å². The van der Waals surface area contributed by atoms with Gasteiger partial charge in [0.25, 0.3) is 0 Å². The van der Waals surface area contributed by atoms with E-state index in [2.05, 4.69) is 0 Å². The van der Waals surface area contributed by atoms with Crippen LogP contribution >= 0.6 is 0 Å². The lowest BCUT2D eigenvalue weighted by Gasteiger charge is -2.29. The fourth-order valence-corrected chi connectivity index (χ4v) is 2.14. The van der Waals surface area contributed by atoms with Crippen LogP contribution in [0.1, 0.15) is 39.0 Å². The highest BCUT2D eigenvalue weighted by atomic mass is 19.3. The molecule has 0 aromatic heterocycles. The molecule has 2 N–H and O–H groups in total. The minimum Gasteiger partial charge on any atom is -0.330 e. The lowest BCUT2D eigenvalue weighted by atomic mass is 9.80. The zero-order chi connectivity index (χ0) is 9.90. The Kier molecular flexibility index (Phi) is 3.65. The molecule has 1 saturated carbocycles. The summed E-state index contributed by atoms with van der Waals surface area (Å²) in [7, 11) is 0. The molecule has 0 aliphatic heterocycles. The van der Waals surface area contributed by atoms with Crippen molar-refractivity contribution in [2.75, 3.05) is 6.54 Å². The summed E-state index contributed by atoms with van der Waals surface area (Å²) in [4.78, 5) is 0. The minimum absolute atomic E-state index is 0.0984. The van der Waals surface area contributed by atoms with Crippen molar-refractivity contribution in [1.82, 2.24) is 0 Å². The molecule has 78 valence electrons. The molecule has 0 bridgehead atoms. The van der Waals surface area contributed by atoms with Crippen LogP contribution in [0, 0.1) is 11.3 Å². The van der Waals surface area contributed by atoms with Crippen molar-refractivity contribution in [3.8, 4) is 0 Å². The number of halogens is 2. The van der Waals surface area contributed by atoms with E-state index >= 15 is 0 Å². The number of rotatable bonds is 4. The van der Waals surface area contributed by atoms with E-state index in [1.165, 1.54) is 12.8 Å². The van der Waals surface area contributed by atoms with Gasteiger partial charge in [-0.15, -0.1) is 0 Å². The van der Waals surface area contributed by atoms with E-state index in [0.717, 1.165) is 12.8 Å². The molecule has 0 spiro atoms. The van der Waals surface area contributed by atoms with Gasteiger partial charge < -0.3 is 5.73 Å². The lowest BCUT2D eigenvalue weighted by molar-refractivity contribution is -0.00291. The van der Waals surface area contributed by atoms with Crippen LogP contribution in [-0.2, 0) is 0 Å². The van der Waals surface area contributed by atoms with Crippen molar-refractivity contribution < 1.29 is 8.78 Å². The second-order valence-corrected chi connectivity index (χ2v) is 4.51. The highest BCUT2D eigenvalue weighted by molar-refractivity contribution is 4.83. The summed E-state index contributed by atoms with van der Waals surface area (Å²) >= 11 is 0. The van der Waals surface area contributed by atoms with Crippen LogP contribution in [0.15, 0.2) is 0 Å². The van der Waals surface area contributed by atoms with Gasteiger partial charge >= 0.3 is 0 Å². The van der Waals surface area contributed by atoms with Crippen LogP contribution in [0.25, 0.3) is 0 Å². The first-order valence-corrected chi connectivity index (χ1v) is 5.07. The van der Waals surface area contributed by atoms with Gasteiger partial charge in [-0.2, -0.15) is 0 Å². The molecule has 0 aromatic rings. The first-order chi connectivity index (χ1) is 6.08. The maximum atomic E-state index is 12.7. The molecular weight excluding hydrogens is 172 g/mol. The van der Waals surface area contributed by atoms with E-state index < -0.39 is 11.8 Å². The fraction of sp³-hybridized carbons (Fsp3) is 1.00. The van der Waals surface area contributed by atoms with Crippen molar-refractivity contribution in [3.63, 3.8) is 0 Å². The van der Waals surface area contributed by atoms with Gasteiger partial charge in [-0.05, 0) is 12.3 Å². The molecule has 0 heterocycles. The van der Waals surface area contributed by atoms with Crippen LogP contribution in [0.5, 0.6) is 0 Å². The van der Waals surface area contributed by atoms with Gasteiger partial charge in [-0.25, -0.2) is 8.78 Å². The van der Waals surface area contributed by atoms with Gasteiger partial charge in [-0.1, -0.05) is 32.6 Å². The van der Waals surface area contributed by atoms with E-state index in [1.54, 1.807) is 6.92 Å². The van der Waals surface area contributed by atoms with Gasteiger partial charge in [0.2, 0.25) is 6.43 Å². The molecule has 13 heavy (non-hydrogen) atoms. The van der Waals surface area contributed by atoms with E-state index in [0.29, 0.717) is 12.3 Å². The second kappa shape index (κ2) is 4.36. The summed E-state index contributed by atoms with van der Waals surface area (Å²) in [6, 6.07) is 0. The van der Waals surface area contributed by atoms with Crippen LogP contribution in [-0.4, -0.2) is 13.0 Å². The highest BCUT2D eigenvalue weighted by Crippen LogP contribution is 2.38. The molecular formula is C10H19F2N. The molecule has 1 aliphatic rings. The predicted octanol–water partition coefficient (Wildman–Crippen LogP) is 2.80. The van der Waals surface area contributed by atoms with Gasteiger partial charge in [0.15, 0.2) is 0 Å². The Bertz CT molecular complexity index is 155. The Morgan fingerprint density at radius 1 is 1.38 bits per heavy atom. The standard InChI is InChI=1S/C10H19F2N/c1-10(7-13,9(11)12)6-8-4-2-3-5-8/h8-9H,2-7,13H2,1H3.